The number of nitrogens with zero attached hydrogens (tertiary/aromatic N) is 3. The number of carbonyl (C=O) groups is 1. The summed E-state index contributed by atoms with van der Waals surface area (Å²) in [6.07, 6.45) is 1.68. The fourth-order valence-corrected chi connectivity index (χ4v) is 2.83. The zero-order chi connectivity index (χ0) is 18.4. The molecule has 0 fully saturated rings. The summed E-state index contributed by atoms with van der Waals surface area (Å²) in [6.45, 7) is 3.63. The fraction of sp³-hybridized carbons (Fsp3) is 0.200. The van der Waals surface area contributed by atoms with Crippen molar-refractivity contribution in [2.24, 2.45) is 0 Å². The summed E-state index contributed by atoms with van der Waals surface area (Å²) in [6, 6.07) is 19.3. The first-order chi connectivity index (χ1) is 12.7. The van der Waals surface area contributed by atoms with Crippen LogP contribution in [0.3, 0.4) is 0 Å². The molecular formula is C20H21ClN4O. The number of anilines is 2. The lowest BCUT2D eigenvalue weighted by molar-refractivity contribution is -0.115. The molecule has 0 aliphatic rings. The molecule has 2 aromatic carbocycles. The van der Waals surface area contributed by atoms with E-state index in [-0.39, 0.29) is 12.5 Å². The number of hydrogen-bond donors (Lipinski definition) is 1. The molecule has 3 rings (SSSR count). The SMILES string of the molecule is CCN(CC(=O)Nc1ccnn1Cc1ccc(Cl)cc1)c1ccccc1. The Bertz CT molecular complexity index is 846. The molecular weight excluding hydrogens is 348 g/mol. The van der Waals surface area contributed by atoms with E-state index in [0.29, 0.717) is 17.4 Å². The number of hydrogen-bond acceptors (Lipinski definition) is 3. The van der Waals surface area contributed by atoms with Gasteiger partial charge in [0.05, 0.1) is 19.3 Å². The van der Waals surface area contributed by atoms with Gasteiger partial charge in [-0.15, -0.1) is 0 Å². The van der Waals surface area contributed by atoms with Crippen LogP contribution in [0.15, 0.2) is 66.9 Å². The summed E-state index contributed by atoms with van der Waals surface area (Å²) in [4.78, 5) is 14.5. The highest BCUT2D eigenvalue weighted by molar-refractivity contribution is 6.30. The maximum Gasteiger partial charge on any atom is 0.245 e. The Labute approximate surface area is 158 Å². The highest BCUT2D eigenvalue weighted by Gasteiger charge is 2.12. The largest absolute Gasteiger partial charge is 0.362 e. The number of aromatic nitrogens is 2. The van der Waals surface area contributed by atoms with E-state index < -0.39 is 0 Å². The molecule has 0 saturated heterocycles. The molecule has 0 aliphatic heterocycles. The number of benzene rings is 2. The van der Waals surface area contributed by atoms with Gasteiger partial charge in [-0.05, 0) is 36.8 Å². The zero-order valence-corrected chi connectivity index (χ0v) is 15.4. The maximum atomic E-state index is 12.5. The van der Waals surface area contributed by atoms with E-state index in [1.165, 1.54) is 0 Å². The number of carbonyl (C=O) groups excluding carboxylic acids is 1. The molecule has 0 unspecified atom stereocenters. The molecule has 26 heavy (non-hydrogen) atoms. The first-order valence-corrected chi connectivity index (χ1v) is 8.89. The molecule has 1 aromatic heterocycles. The lowest BCUT2D eigenvalue weighted by Gasteiger charge is -2.22. The summed E-state index contributed by atoms with van der Waals surface area (Å²) >= 11 is 5.92. The third-order valence-corrected chi connectivity index (χ3v) is 4.32. The minimum atomic E-state index is -0.0754. The van der Waals surface area contributed by atoms with E-state index >= 15 is 0 Å². The highest BCUT2D eigenvalue weighted by Crippen LogP contribution is 2.15. The summed E-state index contributed by atoms with van der Waals surface area (Å²) in [5.74, 6) is 0.600. The first-order valence-electron chi connectivity index (χ1n) is 8.52. The summed E-state index contributed by atoms with van der Waals surface area (Å²) in [5.41, 5.74) is 2.09. The van der Waals surface area contributed by atoms with Gasteiger partial charge in [-0.3, -0.25) is 4.79 Å². The predicted octanol–water partition coefficient (Wildman–Crippen LogP) is 4.05. The molecule has 0 radical (unpaired) electrons. The average Bonchev–Trinajstić information content (AvgIpc) is 3.09. The van der Waals surface area contributed by atoms with Gasteiger partial charge < -0.3 is 10.2 Å². The number of halogens is 1. The topological polar surface area (TPSA) is 50.2 Å². The second kappa shape index (κ2) is 8.54. The molecule has 1 N–H and O–H groups in total. The van der Waals surface area contributed by atoms with Crippen molar-refractivity contribution in [1.29, 1.82) is 0 Å². The van der Waals surface area contributed by atoms with Crippen LogP contribution in [0.4, 0.5) is 11.5 Å². The van der Waals surface area contributed by atoms with Crippen LogP contribution in [0.1, 0.15) is 12.5 Å². The molecule has 5 nitrogen and oxygen atoms in total. The second-order valence-electron chi connectivity index (χ2n) is 5.90. The summed E-state index contributed by atoms with van der Waals surface area (Å²) in [7, 11) is 0. The molecule has 1 heterocycles. The van der Waals surface area contributed by atoms with Gasteiger partial charge in [-0.25, -0.2) is 4.68 Å². The van der Waals surface area contributed by atoms with E-state index in [4.69, 9.17) is 11.6 Å². The number of amides is 1. The van der Waals surface area contributed by atoms with Gasteiger partial charge >= 0.3 is 0 Å². The van der Waals surface area contributed by atoms with Crippen LogP contribution in [0.25, 0.3) is 0 Å². The van der Waals surface area contributed by atoms with Crippen LogP contribution in [0, 0.1) is 0 Å². The van der Waals surface area contributed by atoms with Crippen LogP contribution in [0.5, 0.6) is 0 Å². The lowest BCUT2D eigenvalue weighted by Crippen LogP contribution is -2.33. The van der Waals surface area contributed by atoms with Crippen molar-refractivity contribution in [2.75, 3.05) is 23.3 Å². The van der Waals surface area contributed by atoms with E-state index in [2.05, 4.69) is 10.4 Å². The molecule has 134 valence electrons. The Morgan fingerprint density at radius 2 is 1.85 bits per heavy atom. The lowest BCUT2D eigenvalue weighted by atomic mass is 10.2. The van der Waals surface area contributed by atoms with Crippen molar-refractivity contribution in [1.82, 2.24) is 9.78 Å². The van der Waals surface area contributed by atoms with Crippen LogP contribution in [-0.2, 0) is 11.3 Å². The Kier molecular flexibility index (Phi) is 5.92. The third kappa shape index (κ3) is 4.64. The number of rotatable bonds is 7. The van der Waals surface area contributed by atoms with Crippen LogP contribution in [0.2, 0.25) is 5.02 Å². The first kappa shape index (κ1) is 18.0. The predicted molar refractivity (Wildman–Crippen MR) is 106 cm³/mol. The quantitative estimate of drug-likeness (QED) is 0.684. The van der Waals surface area contributed by atoms with Crippen LogP contribution >= 0.6 is 11.6 Å². The molecule has 0 saturated carbocycles. The zero-order valence-electron chi connectivity index (χ0n) is 14.6. The van der Waals surface area contributed by atoms with Crippen molar-refractivity contribution in [2.45, 2.75) is 13.5 Å². The van der Waals surface area contributed by atoms with E-state index in [0.717, 1.165) is 17.8 Å². The van der Waals surface area contributed by atoms with Crippen molar-refractivity contribution in [3.8, 4) is 0 Å². The van der Waals surface area contributed by atoms with Gasteiger partial charge in [0.25, 0.3) is 0 Å². The van der Waals surface area contributed by atoms with Gasteiger partial charge in [0.15, 0.2) is 0 Å². The van der Waals surface area contributed by atoms with Crippen molar-refractivity contribution in [3.05, 3.63) is 77.4 Å². The fourth-order valence-electron chi connectivity index (χ4n) is 2.71. The molecule has 0 atom stereocenters. The molecule has 3 aromatic rings. The van der Waals surface area contributed by atoms with E-state index in [1.807, 2.05) is 66.4 Å². The maximum absolute atomic E-state index is 12.5. The molecule has 1 amide bonds. The van der Waals surface area contributed by atoms with Gasteiger partial charge in [-0.2, -0.15) is 5.10 Å². The summed E-state index contributed by atoms with van der Waals surface area (Å²) < 4.78 is 1.76. The number of nitrogens with one attached hydrogen (secondary N) is 1. The standard InChI is InChI=1S/C20H21ClN4O/c1-2-24(18-6-4-3-5-7-18)15-20(26)23-19-12-13-22-25(19)14-16-8-10-17(21)11-9-16/h3-13H,2,14-15H2,1H3,(H,23,26). The van der Waals surface area contributed by atoms with Crippen LogP contribution in [-0.4, -0.2) is 28.8 Å². The Balaban J connectivity index is 1.64. The smallest absolute Gasteiger partial charge is 0.245 e. The Hall–Kier alpha value is -2.79. The van der Waals surface area contributed by atoms with Gasteiger partial charge in [0.1, 0.15) is 5.82 Å². The third-order valence-electron chi connectivity index (χ3n) is 4.07. The van der Waals surface area contributed by atoms with Crippen molar-refractivity contribution in [3.63, 3.8) is 0 Å². The molecule has 6 heteroatoms. The highest BCUT2D eigenvalue weighted by atomic mass is 35.5. The molecule has 0 bridgehead atoms. The average molecular weight is 369 g/mol. The van der Waals surface area contributed by atoms with E-state index in [1.54, 1.807) is 16.9 Å². The Morgan fingerprint density at radius 1 is 1.12 bits per heavy atom. The van der Waals surface area contributed by atoms with Gasteiger partial charge in [-0.1, -0.05) is 41.9 Å². The van der Waals surface area contributed by atoms with Gasteiger partial charge in [0.2, 0.25) is 5.91 Å². The van der Waals surface area contributed by atoms with Crippen molar-refractivity contribution >= 4 is 29.0 Å². The minimum absolute atomic E-state index is 0.0754. The second-order valence-corrected chi connectivity index (χ2v) is 6.33. The Morgan fingerprint density at radius 3 is 2.54 bits per heavy atom. The number of likely N-dealkylation sites (N-methyl/N-ethyl adjacent to an activating group) is 1. The van der Waals surface area contributed by atoms with Gasteiger partial charge in [0, 0.05) is 23.3 Å². The molecule has 0 aliphatic carbocycles. The molecule has 0 spiro atoms. The monoisotopic (exact) mass is 368 g/mol. The number of para-hydroxylation sites is 1. The van der Waals surface area contributed by atoms with Crippen LogP contribution < -0.4 is 10.2 Å². The summed E-state index contributed by atoms with van der Waals surface area (Å²) in [5, 5.41) is 7.95. The van der Waals surface area contributed by atoms with E-state index in [9.17, 15) is 4.79 Å². The van der Waals surface area contributed by atoms with Crippen molar-refractivity contribution < 1.29 is 4.79 Å². The minimum Gasteiger partial charge on any atom is -0.362 e. The normalized spacial score (nSPS) is 10.5.